The van der Waals surface area contributed by atoms with Crippen molar-refractivity contribution in [3.8, 4) is 0 Å². The van der Waals surface area contributed by atoms with Crippen LogP contribution in [0.3, 0.4) is 0 Å². The van der Waals surface area contributed by atoms with E-state index in [4.69, 9.17) is 4.74 Å². The van der Waals surface area contributed by atoms with Crippen LogP contribution in [-0.4, -0.2) is 28.5 Å². The maximum absolute atomic E-state index is 12.5. The van der Waals surface area contributed by atoms with Crippen molar-refractivity contribution < 1.29 is 14.3 Å². The van der Waals surface area contributed by atoms with Gasteiger partial charge in [0, 0.05) is 0 Å². The van der Waals surface area contributed by atoms with Crippen LogP contribution in [0.4, 0.5) is 0 Å². The number of carbonyl (C=O) groups excluding carboxylic acids is 2. The van der Waals surface area contributed by atoms with Crippen molar-refractivity contribution in [3.05, 3.63) is 62.0 Å². The number of ether oxygens (including phenoxy) is 1. The normalized spacial score (nSPS) is 12.0. The molecule has 1 aromatic carbocycles. The van der Waals surface area contributed by atoms with Crippen LogP contribution in [0, 0.1) is 20.8 Å². The minimum absolute atomic E-state index is 0.154. The van der Waals surface area contributed by atoms with Crippen LogP contribution >= 0.6 is 11.3 Å². The zero-order valence-corrected chi connectivity index (χ0v) is 17.6. The van der Waals surface area contributed by atoms with Crippen molar-refractivity contribution in [1.82, 2.24) is 15.3 Å². The Hall–Kier alpha value is -3.00. The van der Waals surface area contributed by atoms with E-state index < -0.39 is 12.6 Å². The SMILES string of the molecule is CC[C@H](NC(=O)COC(=O)c1sc2nc(C)[nH]c(=O)c2c1C)c1ccc(C)cc1. The summed E-state index contributed by atoms with van der Waals surface area (Å²) in [6.07, 6.45) is 0.714. The molecule has 1 atom stereocenters. The molecule has 152 valence electrons. The van der Waals surface area contributed by atoms with Gasteiger partial charge in [0.2, 0.25) is 0 Å². The molecule has 0 spiro atoms. The molecule has 8 heteroatoms. The third-order valence-corrected chi connectivity index (χ3v) is 5.83. The quantitative estimate of drug-likeness (QED) is 0.604. The van der Waals surface area contributed by atoms with Gasteiger partial charge in [0.05, 0.1) is 11.4 Å². The minimum Gasteiger partial charge on any atom is -0.451 e. The second-order valence-electron chi connectivity index (χ2n) is 6.90. The van der Waals surface area contributed by atoms with Gasteiger partial charge in [-0.3, -0.25) is 9.59 Å². The Balaban J connectivity index is 1.67. The molecule has 29 heavy (non-hydrogen) atoms. The molecule has 7 nitrogen and oxygen atoms in total. The highest BCUT2D eigenvalue weighted by Gasteiger charge is 2.21. The van der Waals surface area contributed by atoms with Gasteiger partial charge in [-0.05, 0) is 38.3 Å². The lowest BCUT2D eigenvalue weighted by Crippen LogP contribution is -2.32. The fraction of sp³-hybridized carbons (Fsp3) is 0.333. The summed E-state index contributed by atoms with van der Waals surface area (Å²) in [6, 6.07) is 7.78. The molecule has 0 saturated heterocycles. The van der Waals surface area contributed by atoms with Gasteiger partial charge in [-0.1, -0.05) is 36.8 Å². The van der Waals surface area contributed by atoms with Crippen molar-refractivity contribution in [2.75, 3.05) is 6.61 Å². The van der Waals surface area contributed by atoms with Gasteiger partial charge in [-0.2, -0.15) is 0 Å². The predicted molar refractivity (Wildman–Crippen MR) is 112 cm³/mol. The topological polar surface area (TPSA) is 101 Å². The molecular weight excluding hydrogens is 390 g/mol. The molecule has 0 unspecified atom stereocenters. The zero-order chi connectivity index (χ0) is 21.1. The van der Waals surface area contributed by atoms with E-state index in [9.17, 15) is 14.4 Å². The highest BCUT2D eigenvalue weighted by atomic mass is 32.1. The molecule has 2 heterocycles. The maximum Gasteiger partial charge on any atom is 0.349 e. The van der Waals surface area contributed by atoms with Crippen molar-refractivity contribution >= 4 is 33.4 Å². The molecule has 0 radical (unpaired) electrons. The molecule has 0 fully saturated rings. The van der Waals surface area contributed by atoms with E-state index in [1.165, 1.54) is 0 Å². The van der Waals surface area contributed by atoms with Crippen molar-refractivity contribution in [2.24, 2.45) is 0 Å². The highest BCUT2D eigenvalue weighted by Crippen LogP contribution is 2.27. The van der Waals surface area contributed by atoms with Gasteiger partial charge >= 0.3 is 5.97 Å². The molecule has 0 aliphatic heterocycles. The van der Waals surface area contributed by atoms with E-state index >= 15 is 0 Å². The Labute approximate surface area is 172 Å². The molecule has 1 amide bonds. The second-order valence-corrected chi connectivity index (χ2v) is 7.90. The number of esters is 1. The van der Waals surface area contributed by atoms with Gasteiger partial charge < -0.3 is 15.0 Å². The van der Waals surface area contributed by atoms with E-state index in [-0.39, 0.29) is 22.4 Å². The van der Waals surface area contributed by atoms with E-state index in [2.05, 4.69) is 15.3 Å². The van der Waals surface area contributed by atoms with Crippen molar-refractivity contribution in [1.29, 1.82) is 0 Å². The zero-order valence-electron chi connectivity index (χ0n) is 16.8. The summed E-state index contributed by atoms with van der Waals surface area (Å²) in [4.78, 5) is 44.5. The maximum atomic E-state index is 12.5. The minimum atomic E-state index is -0.638. The first-order valence-electron chi connectivity index (χ1n) is 9.33. The van der Waals surface area contributed by atoms with Crippen LogP contribution in [0.25, 0.3) is 10.2 Å². The first-order chi connectivity index (χ1) is 13.8. The Morgan fingerprint density at radius 2 is 1.90 bits per heavy atom. The number of thiophene rings is 1. The third-order valence-electron chi connectivity index (χ3n) is 4.66. The van der Waals surface area contributed by atoms with E-state index in [1.54, 1.807) is 13.8 Å². The molecule has 0 aliphatic carbocycles. The Morgan fingerprint density at radius 3 is 2.55 bits per heavy atom. The Kier molecular flexibility index (Phi) is 6.12. The lowest BCUT2D eigenvalue weighted by Gasteiger charge is -2.17. The summed E-state index contributed by atoms with van der Waals surface area (Å²) >= 11 is 1.09. The third kappa shape index (κ3) is 4.54. The molecule has 0 aliphatic rings. The van der Waals surface area contributed by atoms with E-state index in [0.29, 0.717) is 28.0 Å². The highest BCUT2D eigenvalue weighted by molar-refractivity contribution is 7.20. The summed E-state index contributed by atoms with van der Waals surface area (Å²) in [6.45, 7) is 6.94. The summed E-state index contributed by atoms with van der Waals surface area (Å²) < 4.78 is 5.19. The largest absolute Gasteiger partial charge is 0.451 e. The molecule has 0 bridgehead atoms. The fourth-order valence-electron chi connectivity index (χ4n) is 3.10. The van der Waals surface area contributed by atoms with Gasteiger partial charge in [0.15, 0.2) is 6.61 Å². The van der Waals surface area contributed by atoms with Crippen LogP contribution in [0.5, 0.6) is 0 Å². The molecule has 0 saturated carbocycles. The average molecular weight is 413 g/mol. The fourth-order valence-corrected chi connectivity index (χ4v) is 4.22. The Morgan fingerprint density at radius 1 is 1.21 bits per heavy atom. The van der Waals surface area contributed by atoms with Gasteiger partial charge in [-0.25, -0.2) is 9.78 Å². The lowest BCUT2D eigenvalue weighted by molar-refractivity contribution is -0.125. The summed E-state index contributed by atoms with van der Waals surface area (Å²) in [5.41, 5.74) is 2.36. The monoisotopic (exact) mass is 413 g/mol. The van der Waals surface area contributed by atoms with E-state index in [0.717, 1.165) is 22.5 Å². The predicted octanol–water partition coefficient (Wildman–Crippen LogP) is 3.33. The molecule has 2 aromatic heterocycles. The number of rotatable bonds is 6. The molecule has 3 rings (SSSR count). The van der Waals surface area contributed by atoms with Crippen LogP contribution in [-0.2, 0) is 9.53 Å². The number of hydrogen-bond donors (Lipinski definition) is 2. The first kappa shape index (κ1) is 20.7. The van der Waals surface area contributed by atoms with Gasteiger partial charge in [0.1, 0.15) is 15.5 Å². The first-order valence-corrected chi connectivity index (χ1v) is 10.1. The van der Waals surface area contributed by atoms with Crippen molar-refractivity contribution in [2.45, 2.75) is 40.2 Å². The summed E-state index contributed by atoms with van der Waals surface area (Å²) in [5.74, 6) is -0.540. The van der Waals surface area contributed by atoms with Crippen LogP contribution in [0.15, 0.2) is 29.1 Å². The second kappa shape index (κ2) is 8.57. The van der Waals surface area contributed by atoms with Crippen molar-refractivity contribution in [3.63, 3.8) is 0 Å². The number of aromatic amines is 1. The number of carbonyl (C=O) groups is 2. The smallest absolute Gasteiger partial charge is 0.349 e. The van der Waals surface area contributed by atoms with Gasteiger partial charge in [-0.15, -0.1) is 11.3 Å². The molecule has 3 aromatic rings. The van der Waals surface area contributed by atoms with Crippen LogP contribution < -0.4 is 10.9 Å². The number of fused-ring (bicyclic) bond motifs is 1. The standard InChI is InChI=1S/C21H23N3O4S/c1-5-15(14-8-6-11(2)7-9-14)24-16(25)10-28-21(27)18-12(3)17-19(26)22-13(4)23-20(17)29-18/h6-9,15H,5,10H2,1-4H3,(H,24,25)(H,22,23,26)/t15-/m0/s1. The number of aromatic nitrogens is 2. The number of amides is 1. The van der Waals surface area contributed by atoms with Gasteiger partial charge in [0.25, 0.3) is 11.5 Å². The van der Waals surface area contributed by atoms with E-state index in [1.807, 2.05) is 38.1 Å². The molecular formula is C21H23N3O4S. The number of nitrogens with zero attached hydrogens (tertiary/aromatic N) is 1. The number of aryl methyl sites for hydroxylation is 3. The number of benzene rings is 1. The molecule has 2 N–H and O–H groups in total. The summed E-state index contributed by atoms with van der Waals surface area (Å²) in [5, 5.41) is 3.26. The number of nitrogens with one attached hydrogen (secondary N) is 2. The number of H-pyrrole nitrogens is 1. The van der Waals surface area contributed by atoms with Crippen LogP contribution in [0.2, 0.25) is 0 Å². The average Bonchev–Trinajstić information content (AvgIpc) is 3.01. The summed E-state index contributed by atoms with van der Waals surface area (Å²) in [7, 11) is 0. The number of hydrogen-bond acceptors (Lipinski definition) is 6. The van der Waals surface area contributed by atoms with Crippen LogP contribution in [0.1, 0.15) is 51.6 Å². The lowest BCUT2D eigenvalue weighted by atomic mass is 10.0. The Bertz CT molecular complexity index is 1120.